The normalized spacial score (nSPS) is 15.5. The number of imide groups is 1. The first-order chi connectivity index (χ1) is 9.02. The van der Waals surface area contributed by atoms with Gasteiger partial charge >= 0.3 is 5.97 Å². The van der Waals surface area contributed by atoms with Crippen molar-refractivity contribution in [1.82, 2.24) is 4.90 Å². The van der Waals surface area contributed by atoms with Gasteiger partial charge in [-0.25, -0.2) is 0 Å². The van der Waals surface area contributed by atoms with Crippen LogP contribution in [0.15, 0.2) is 24.3 Å². The van der Waals surface area contributed by atoms with E-state index in [4.69, 9.17) is 5.11 Å². The second-order valence-electron chi connectivity index (χ2n) is 4.66. The van der Waals surface area contributed by atoms with E-state index < -0.39 is 5.97 Å². The van der Waals surface area contributed by atoms with Crippen LogP contribution in [0.3, 0.4) is 0 Å². The van der Waals surface area contributed by atoms with E-state index in [1.54, 1.807) is 31.2 Å². The molecule has 5 nitrogen and oxygen atoms in total. The molecule has 0 radical (unpaired) electrons. The monoisotopic (exact) mass is 261 g/mol. The summed E-state index contributed by atoms with van der Waals surface area (Å²) >= 11 is 0. The van der Waals surface area contributed by atoms with Crippen molar-refractivity contribution < 1.29 is 19.5 Å². The molecule has 1 aliphatic heterocycles. The molecule has 0 saturated heterocycles. The lowest BCUT2D eigenvalue weighted by Gasteiger charge is -2.22. The summed E-state index contributed by atoms with van der Waals surface area (Å²) in [6.07, 6.45) is 0.995. The van der Waals surface area contributed by atoms with Gasteiger partial charge in [-0.1, -0.05) is 12.1 Å². The molecule has 5 heteroatoms. The first-order valence-electron chi connectivity index (χ1n) is 6.21. The predicted octanol–water partition coefficient (Wildman–Crippen LogP) is 1.93. The van der Waals surface area contributed by atoms with Crippen LogP contribution in [0.2, 0.25) is 0 Å². The number of nitrogens with zero attached hydrogens (tertiary/aromatic N) is 1. The highest BCUT2D eigenvalue weighted by Gasteiger charge is 2.37. The lowest BCUT2D eigenvalue weighted by Crippen LogP contribution is -2.38. The molecule has 0 aliphatic carbocycles. The zero-order valence-electron chi connectivity index (χ0n) is 10.6. The maximum absolute atomic E-state index is 12.1. The smallest absolute Gasteiger partial charge is 0.303 e. The maximum atomic E-state index is 12.1. The minimum atomic E-state index is -0.866. The van der Waals surface area contributed by atoms with Crippen LogP contribution in [0.1, 0.15) is 46.9 Å². The Morgan fingerprint density at radius 2 is 1.74 bits per heavy atom. The van der Waals surface area contributed by atoms with Crippen molar-refractivity contribution >= 4 is 17.8 Å². The minimum Gasteiger partial charge on any atom is -0.481 e. The van der Waals surface area contributed by atoms with Gasteiger partial charge in [-0.15, -0.1) is 0 Å². The molecule has 100 valence electrons. The number of hydrogen-bond donors (Lipinski definition) is 1. The number of carboxylic acids is 1. The molecule has 2 amide bonds. The van der Waals surface area contributed by atoms with E-state index in [1.807, 2.05) is 0 Å². The average Bonchev–Trinajstić information content (AvgIpc) is 2.62. The Kier molecular flexibility index (Phi) is 3.64. The second kappa shape index (κ2) is 5.22. The number of carboxylic acid groups (broad SMARTS) is 1. The SMILES string of the molecule is CC(CCCC(=O)O)N1C(=O)c2ccccc2C1=O. The predicted molar refractivity (Wildman–Crippen MR) is 67.9 cm³/mol. The van der Waals surface area contributed by atoms with Crippen molar-refractivity contribution in [2.75, 3.05) is 0 Å². The van der Waals surface area contributed by atoms with Crippen molar-refractivity contribution in [3.05, 3.63) is 35.4 Å². The Bertz CT molecular complexity index is 503. The molecule has 0 bridgehead atoms. The number of rotatable bonds is 5. The van der Waals surface area contributed by atoms with Crippen LogP contribution in [-0.4, -0.2) is 33.8 Å². The second-order valence-corrected chi connectivity index (χ2v) is 4.66. The molecule has 0 aromatic heterocycles. The number of carbonyl (C=O) groups excluding carboxylic acids is 2. The number of carbonyl (C=O) groups is 3. The standard InChI is InChI=1S/C14H15NO4/c1-9(5-4-8-12(16)17)15-13(18)10-6-2-3-7-11(10)14(15)19/h2-3,6-7,9H,4-5,8H2,1H3,(H,16,17). The van der Waals surface area contributed by atoms with E-state index in [1.165, 1.54) is 4.90 Å². The Morgan fingerprint density at radius 3 is 2.21 bits per heavy atom. The first kappa shape index (κ1) is 13.3. The molecule has 1 heterocycles. The minimum absolute atomic E-state index is 0.0491. The van der Waals surface area contributed by atoms with Crippen LogP contribution in [0.5, 0.6) is 0 Å². The Balaban J connectivity index is 2.09. The molecule has 2 rings (SSSR count). The van der Waals surface area contributed by atoms with Gasteiger partial charge in [-0.2, -0.15) is 0 Å². The Morgan fingerprint density at radius 1 is 1.21 bits per heavy atom. The average molecular weight is 261 g/mol. The Hall–Kier alpha value is -2.17. The summed E-state index contributed by atoms with van der Waals surface area (Å²) in [6.45, 7) is 1.77. The highest BCUT2D eigenvalue weighted by atomic mass is 16.4. The summed E-state index contributed by atoms with van der Waals surface area (Å²) in [5, 5.41) is 8.59. The summed E-state index contributed by atoms with van der Waals surface area (Å²) in [6, 6.07) is 6.44. The van der Waals surface area contributed by atoms with Crippen LogP contribution >= 0.6 is 0 Å². The Labute approximate surface area is 110 Å². The summed E-state index contributed by atoms with van der Waals surface area (Å²) in [5.74, 6) is -1.44. The van der Waals surface area contributed by atoms with Gasteiger partial charge in [0.2, 0.25) is 0 Å². The molecule has 1 N–H and O–H groups in total. The van der Waals surface area contributed by atoms with E-state index in [9.17, 15) is 14.4 Å². The van der Waals surface area contributed by atoms with E-state index in [-0.39, 0.29) is 24.3 Å². The highest BCUT2D eigenvalue weighted by Crippen LogP contribution is 2.25. The fraction of sp³-hybridized carbons (Fsp3) is 0.357. The van der Waals surface area contributed by atoms with Crippen molar-refractivity contribution in [2.24, 2.45) is 0 Å². The zero-order chi connectivity index (χ0) is 14.0. The quantitative estimate of drug-likeness (QED) is 0.822. The lowest BCUT2D eigenvalue weighted by molar-refractivity contribution is -0.137. The van der Waals surface area contributed by atoms with Crippen LogP contribution in [0, 0.1) is 0 Å². The van der Waals surface area contributed by atoms with Crippen molar-refractivity contribution in [1.29, 1.82) is 0 Å². The van der Waals surface area contributed by atoms with E-state index >= 15 is 0 Å². The van der Waals surface area contributed by atoms with Crippen molar-refractivity contribution in [2.45, 2.75) is 32.2 Å². The van der Waals surface area contributed by atoms with Crippen LogP contribution in [0.4, 0.5) is 0 Å². The zero-order valence-corrected chi connectivity index (χ0v) is 10.6. The van der Waals surface area contributed by atoms with Crippen LogP contribution in [0.25, 0.3) is 0 Å². The van der Waals surface area contributed by atoms with Gasteiger partial charge in [0, 0.05) is 12.5 Å². The van der Waals surface area contributed by atoms with Gasteiger partial charge in [-0.3, -0.25) is 19.3 Å². The molecule has 1 aromatic carbocycles. The molecule has 0 saturated carbocycles. The summed E-state index contributed by atoms with van der Waals surface area (Å²) in [7, 11) is 0. The summed E-state index contributed by atoms with van der Waals surface area (Å²) in [4.78, 5) is 36.0. The molecule has 0 spiro atoms. The highest BCUT2D eigenvalue weighted by molar-refractivity contribution is 6.21. The summed E-state index contributed by atoms with van der Waals surface area (Å²) < 4.78 is 0. The van der Waals surface area contributed by atoms with Gasteiger partial charge in [0.25, 0.3) is 11.8 Å². The molecule has 1 aromatic rings. The van der Waals surface area contributed by atoms with E-state index in [0.29, 0.717) is 24.0 Å². The van der Waals surface area contributed by atoms with Gasteiger partial charge in [0.1, 0.15) is 0 Å². The number of hydrogen-bond acceptors (Lipinski definition) is 3. The third-order valence-corrected chi connectivity index (χ3v) is 3.28. The number of aliphatic carboxylic acids is 1. The van der Waals surface area contributed by atoms with Crippen LogP contribution < -0.4 is 0 Å². The van der Waals surface area contributed by atoms with E-state index in [2.05, 4.69) is 0 Å². The van der Waals surface area contributed by atoms with E-state index in [0.717, 1.165) is 0 Å². The third-order valence-electron chi connectivity index (χ3n) is 3.28. The van der Waals surface area contributed by atoms with Gasteiger partial charge in [-0.05, 0) is 31.9 Å². The van der Waals surface area contributed by atoms with Crippen molar-refractivity contribution in [3.8, 4) is 0 Å². The molecule has 1 unspecified atom stereocenters. The van der Waals surface area contributed by atoms with Gasteiger partial charge in [0.05, 0.1) is 11.1 Å². The molecule has 1 atom stereocenters. The fourth-order valence-electron chi connectivity index (χ4n) is 2.29. The van der Waals surface area contributed by atoms with Gasteiger partial charge < -0.3 is 5.11 Å². The number of benzene rings is 1. The topological polar surface area (TPSA) is 74.7 Å². The van der Waals surface area contributed by atoms with Gasteiger partial charge in [0.15, 0.2) is 0 Å². The number of fused-ring (bicyclic) bond motifs is 1. The maximum Gasteiger partial charge on any atom is 0.303 e. The third kappa shape index (κ3) is 2.50. The molecule has 1 aliphatic rings. The van der Waals surface area contributed by atoms with Crippen molar-refractivity contribution in [3.63, 3.8) is 0 Å². The molecular weight excluding hydrogens is 246 g/mol. The fourth-order valence-corrected chi connectivity index (χ4v) is 2.29. The lowest BCUT2D eigenvalue weighted by atomic mass is 10.1. The summed E-state index contributed by atoms with van der Waals surface area (Å²) in [5.41, 5.74) is 0.857. The molecule has 0 fully saturated rings. The number of amides is 2. The molecule has 19 heavy (non-hydrogen) atoms. The molecular formula is C14H15NO4. The largest absolute Gasteiger partial charge is 0.481 e. The first-order valence-corrected chi connectivity index (χ1v) is 6.21. The van der Waals surface area contributed by atoms with Crippen LogP contribution in [-0.2, 0) is 4.79 Å².